The van der Waals surface area contributed by atoms with Gasteiger partial charge in [0.15, 0.2) is 0 Å². The molecule has 202 valence electrons. The maximum Gasteiger partial charge on any atom is 0.342 e. The van der Waals surface area contributed by atoms with Gasteiger partial charge in [-0.3, -0.25) is 9.59 Å². The van der Waals surface area contributed by atoms with Gasteiger partial charge in [0.1, 0.15) is 34.4 Å². The van der Waals surface area contributed by atoms with Crippen LogP contribution in [0.1, 0.15) is 85.0 Å². The number of esters is 2. The fourth-order valence-electron chi connectivity index (χ4n) is 5.25. The fourth-order valence-corrected chi connectivity index (χ4v) is 5.25. The highest BCUT2D eigenvalue weighted by atomic mass is 16.5. The van der Waals surface area contributed by atoms with Crippen LogP contribution >= 0.6 is 0 Å². The SMILES string of the molecule is COc1c2c(cc3c1[C@H](c1ccc(-c4ccccc4)o1)CC(=O)O3)C=CCCCC(=O)CCC[C@H](C)OC2=O. The molecule has 2 aromatic carbocycles. The second-order valence-electron chi connectivity index (χ2n) is 10.0. The number of cyclic esters (lactones) is 1. The Balaban J connectivity index is 1.60. The summed E-state index contributed by atoms with van der Waals surface area (Å²) in [7, 11) is 1.50. The third-order valence-electron chi connectivity index (χ3n) is 7.19. The highest BCUT2D eigenvalue weighted by Gasteiger charge is 2.37. The topological polar surface area (TPSA) is 92.0 Å². The van der Waals surface area contributed by atoms with Crippen molar-refractivity contribution in [1.82, 2.24) is 0 Å². The van der Waals surface area contributed by atoms with Gasteiger partial charge < -0.3 is 18.6 Å². The Labute approximate surface area is 227 Å². The fraction of sp³-hybridized carbons (Fsp3) is 0.344. The average molecular weight is 529 g/mol. The van der Waals surface area contributed by atoms with Crippen molar-refractivity contribution in [3.63, 3.8) is 0 Å². The Morgan fingerprint density at radius 1 is 0.974 bits per heavy atom. The van der Waals surface area contributed by atoms with Crippen molar-refractivity contribution in [3.05, 3.63) is 77.1 Å². The number of benzene rings is 2. The number of allylic oxidation sites excluding steroid dienone is 1. The minimum absolute atomic E-state index is 0.0409. The molecule has 0 bridgehead atoms. The first-order chi connectivity index (χ1) is 18.9. The molecule has 2 aliphatic rings. The number of furan rings is 1. The first-order valence-electron chi connectivity index (χ1n) is 13.4. The summed E-state index contributed by atoms with van der Waals surface area (Å²) in [5.74, 6) is 0.685. The zero-order valence-electron chi connectivity index (χ0n) is 22.2. The maximum absolute atomic E-state index is 13.6. The lowest BCUT2D eigenvalue weighted by molar-refractivity contribution is -0.135. The number of ether oxygens (including phenoxy) is 3. The highest BCUT2D eigenvalue weighted by molar-refractivity contribution is 5.99. The first kappa shape index (κ1) is 26.5. The molecule has 0 fully saturated rings. The van der Waals surface area contributed by atoms with E-state index in [4.69, 9.17) is 18.6 Å². The predicted octanol–water partition coefficient (Wildman–Crippen LogP) is 6.88. The van der Waals surface area contributed by atoms with E-state index in [-0.39, 0.29) is 23.9 Å². The molecule has 0 saturated heterocycles. The smallest absolute Gasteiger partial charge is 0.342 e. The van der Waals surface area contributed by atoms with Crippen LogP contribution < -0.4 is 9.47 Å². The normalized spacial score (nSPS) is 20.3. The van der Waals surface area contributed by atoms with Crippen molar-refractivity contribution in [3.8, 4) is 22.8 Å². The lowest BCUT2D eigenvalue weighted by Crippen LogP contribution is -2.24. The summed E-state index contributed by atoms with van der Waals surface area (Å²) in [4.78, 5) is 38.4. The first-order valence-corrected chi connectivity index (χ1v) is 13.4. The molecule has 1 aromatic heterocycles. The number of hydrogen-bond donors (Lipinski definition) is 0. The van der Waals surface area contributed by atoms with Crippen LogP contribution in [0.2, 0.25) is 0 Å². The number of Topliss-reactive ketones (excluding diaryl/α,β-unsaturated/α-hetero) is 1. The van der Waals surface area contributed by atoms with E-state index >= 15 is 0 Å². The Morgan fingerprint density at radius 3 is 2.56 bits per heavy atom. The van der Waals surface area contributed by atoms with Crippen LogP contribution in [0.4, 0.5) is 0 Å². The molecule has 0 amide bonds. The Hall–Kier alpha value is -4.13. The molecule has 3 heterocycles. The highest BCUT2D eigenvalue weighted by Crippen LogP contribution is 2.48. The number of carbonyl (C=O) groups is 3. The van der Waals surface area contributed by atoms with Crippen LogP contribution in [0.3, 0.4) is 0 Å². The van der Waals surface area contributed by atoms with Gasteiger partial charge in [-0.25, -0.2) is 4.79 Å². The van der Waals surface area contributed by atoms with Crippen molar-refractivity contribution >= 4 is 23.8 Å². The zero-order chi connectivity index (χ0) is 27.4. The van der Waals surface area contributed by atoms with Crippen molar-refractivity contribution in [2.75, 3.05) is 7.11 Å². The minimum Gasteiger partial charge on any atom is -0.495 e. The summed E-state index contributed by atoms with van der Waals surface area (Å²) in [6.45, 7) is 1.83. The number of carbonyl (C=O) groups excluding carboxylic acids is 3. The minimum atomic E-state index is -0.523. The molecule has 0 radical (unpaired) electrons. The molecule has 0 spiro atoms. The quantitative estimate of drug-likeness (QED) is 0.270. The summed E-state index contributed by atoms with van der Waals surface area (Å²) in [6.07, 6.45) is 7.05. The molecule has 2 aliphatic heterocycles. The van der Waals surface area contributed by atoms with Gasteiger partial charge in [0.25, 0.3) is 0 Å². The van der Waals surface area contributed by atoms with E-state index in [1.165, 1.54) is 7.11 Å². The number of ketones is 1. The van der Waals surface area contributed by atoms with Gasteiger partial charge in [-0.1, -0.05) is 42.5 Å². The van der Waals surface area contributed by atoms with Gasteiger partial charge in [0.2, 0.25) is 0 Å². The van der Waals surface area contributed by atoms with Gasteiger partial charge >= 0.3 is 11.9 Å². The molecule has 7 heteroatoms. The molecule has 0 saturated carbocycles. The zero-order valence-corrected chi connectivity index (χ0v) is 22.2. The number of fused-ring (bicyclic) bond motifs is 2. The molecule has 0 N–H and O–H groups in total. The summed E-state index contributed by atoms with van der Waals surface area (Å²) >= 11 is 0. The van der Waals surface area contributed by atoms with Crippen molar-refractivity contribution < 1.29 is 33.0 Å². The van der Waals surface area contributed by atoms with Crippen LogP contribution in [0, 0.1) is 0 Å². The third kappa shape index (κ3) is 5.82. The van der Waals surface area contributed by atoms with Crippen LogP contribution in [0.5, 0.6) is 11.5 Å². The van der Waals surface area contributed by atoms with E-state index in [0.29, 0.717) is 66.3 Å². The largest absolute Gasteiger partial charge is 0.495 e. The van der Waals surface area contributed by atoms with Gasteiger partial charge in [-0.05, 0) is 56.4 Å². The molecule has 2 atom stereocenters. The molecule has 39 heavy (non-hydrogen) atoms. The van der Waals surface area contributed by atoms with E-state index in [0.717, 1.165) is 12.0 Å². The lowest BCUT2D eigenvalue weighted by atomic mass is 9.86. The van der Waals surface area contributed by atoms with Crippen LogP contribution in [0.25, 0.3) is 17.4 Å². The lowest BCUT2D eigenvalue weighted by Gasteiger charge is -2.27. The summed E-state index contributed by atoms with van der Waals surface area (Å²) in [5.41, 5.74) is 2.31. The molecule has 3 aromatic rings. The van der Waals surface area contributed by atoms with E-state index in [9.17, 15) is 14.4 Å². The predicted molar refractivity (Wildman–Crippen MR) is 146 cm³/mol. The Bertz CT molecular complexity index is 1400. The maximum atomic E-state index is 13.6. The molecule has 0 aliphatic carbocycles. The second kappa shape index (κ2) is 11.7. The third-order valence-corrected chi connectivity index (χ3v) is 7.19. The van der Waals surface area contributed by atoms with Crippen molar-refractivity contribution in [2.45, 2.75) is 63.9 Å². The molecule has 5 rings (SSSR count). The van der Waals surface area contributed by atoms with Crippen LogP contribution in [-0.2, 0) is 14.3 Å². The monoisotopic (exact) mass is 528 g/mol. The summed E-state index contributed by atoms with van der Waals surface area (Å²) in [5, 5.41) is 0. The van der Waals surface area contributed by atoms with Gasteiger partial charge in [0.05, 0.1) is 25.6 Å². The molecule has 0 unspecified atom stereocenters. The molecular formula is C32H32O7. The summed E-state index contributed by atoms with van der Waals surface area (Å²) in [6, 6.07) is 15.1. The van der Waals surface area contributed by atoms with Crippen LogP contribution in [-0.4, -0.2) is 30.9 Å². The molecular weight excluding hydrogens is 496 g/mol. The standard InChI is InChI=1S/C32H32O7/c1-20-10-9-15-23(33)14-8-4-7-13-22-18-27-30(31(36-2)29(22)32(35)37-20)24(19-28(34)39-27)26-17-16-25(38-26)21-11-5-3-6-12-21/h3,5-7,11-13,16-18,20,24H,4,8-10,14-15,19H2,1-2H3/t20-,24-/m0/s1. The molecule has 7 nitrogen and oxygen atoms in total. The average Bonchev–Trinajstić information content (AvgIpc) is 3.42. The van der Waals surface area contributed by atoms with Crippen molar-refractivity contribution in [2.24, 2.45) is 0 Å². The van der Waals surface area contributed by atoms with Gasteiger partial charge in [-0.2, -0.15) is 0 Å². The van der Waals surface area contributed by atoms with E-state index in [2.05, 4.69) is 0 Å². The number of hydrogen-bond acceptors (Lipinski definition) is 7. The van der Waals surface area contributed by atoms with E-state index < -0.39 is 17.9 Å². The Kier molecular flexibility index (Phi) is 7.96. The van der Waals surface area contributed by atoms with E-state index in [1.807, 2.05) is 55.5 Å². The summed E-state index contributed by atoms with van der Waals surface area (Å²) < 4.78 is 23.6. The Morgan fingerprint density at radius 2 is 1.77 bits per heavy atom. The van der Waals surface area contributed by atoms with Crippen molar-refractivity contribution in [1.29, 1.82) is 0 Å². The number of rotatable bonds is 3. The second-order valence-corrected chi connectivity index (χ2v) is 10.0. The number of methoxy groups -OCH3 is 1. The van der Waals surface area contributed by atoms with E-state index in [1.54, 1.807) is 12.1 Å². The van der Waals surface area contributed by atoms with Gasteiger partial charge in [-0.15, -0.1) is 0 Å². The van der Waals surface area contributed by atoms with Crippen LogP contribution in [0.15, 0.2) is 59.0 Å². The van der Waals surface area contributed by atoms with Gasteiger partial charge in [0, 0.05) is 24.0 Å².